The zero-order chi connectivity index (χ0) is 14.5. The summed E-state index contributed by atoms with van der Waals surface area (Å²) in [6.45, 7) is 4.70. The van der Waals surface area contributed by atoms with Gasteiger partial charge in [0.1, 0.15) is 5.69 Å². The monoisotopic (exact) mass is 275 g/mol. The van der Waals surface area contributed by atoms with Gasteiger partial charge in [0.05, 0.1) is 6.20 Å². The van der Waals surface area contributed by atoms with Crippen molar-refractivity contribution < 1.29 is 4.79 Å². The molecule has 2 aromatic heterocycles. The lowest BCUT2D eigenvalue weighted by Crippen LogP contribution is -2.29. The number of aryl methyl sites for hydroxylation is 2. The predicted molar refractivity (Wildman–Crippen MR) is 73.3 cm³/mol. The van der Waals surface area contributed by atoms with E-state index in [1.807, 2.05) is 13.8 Å². The fourth-order valence-electron chi connectivity index (χ4n) is 1.76. The number of aromatic amines is 1. The SMILES string of the molecule is CCCn1nc(C(=O)NCc2cn[nH]c2C)ccc1=O. The van der Waals surface area contributed by atoms with Crippen LogP contribution < -0.4 is 10.9 Å². The maximum Gasteiger partial charge on any atom is 0.271 e. The highest BCUT2D eigenvalue weighted by Crippen LogP contribution is 2.02. The number of amides is 1. The number of hydrogen-bond acceptors (Lipinski definition) is 4. The first kappa shape index (κ1) is 14.0. The van der Waals surface area contributed by atoms with Crippen LogP contribution in [0, 0.1) is 6.92 Å². The molecule has 2 heterocycles. The molecule has 0 aliphatic rings. The third kappa shape index (κ3) is 3.11. The number of H-pyrrole nitrogens is 1. The number of nitrogens with zero attached hydrogens (tertiary/aromatic N) is 3. The molecule has 0 bridgehead atoms. The van der Waals surface area contributed by atoms with Gasteiger partial charge in [-0.25, -0.2) is 4.68 Å². The topological polar surface area (TPSA) is 92.7 Å². The molecule has 7 heteroatoms. The molecule has 0 spiro atoms. The standard InChI is InChI=1S/C13H17N5O2/c1-3-6-18-12(19)5-4-11(17-18)13(20)14-7-10-8-15-16-9(10)2/h4-5,8H,3,6-7H2,1-2H3,(H,14,20)(H,15,16). The van der Waals surface area contributed by atoms with Crippen LogP contribution in [0.5, 0.6) is 0 Å². The van der Waals surface area contributed by atoms with Gasteiger partial charge in [0.25, 0.3) is 11.5 Å². The molecular weight excluding hydrogens is 258 g/mol. The van der Waals surface area contributed by atoms with Crippen molar-refractivity contribution in [3.63, 3.8) is 0 Å². The van der Waals surface area contributed by atoms with Gasteiger partial charge in [-0.3, -0.25) is 14.7 Å². The molecule has 0 fully saturated rings. The lowest BCUT2D eigenvalue weighted by Gasteiger charge is -2.06. The summed E-state index contributed by atoms with van der Waals surface area (Å²) in [5.74, 6) is -0.310. The van der Waals surface area contributed by atoms with E-state index < -0.39 is 0 Å². The molecule has 0 aromatic carbocycles. The van der Waals surface area contributed by atoms with E-state index in [9.17, 15) is 9.59 Å². The molecule has 0 unspecified atom stereocenters. The third-order valence-electron chi connectivity index (χ3n) is 2.91. The van der Waals surface area contributed by atoms with Crippen molar-refractivity contribution >= 4 is 5.91 Å². The van der Waals surface area contributed by atoms with Gasteiger partial charge < -0.3 is 5.32 Å². The highest BCUT2D eigenvalue weighted by atomic mass is 16.2. The Labute approximate surface area is 116 Å². The molecule has 0 saturated heterocycles. The van der Waals surface area contributed by atoms with Crippen LogP contribution in [0.15, 0.2) is 23.1 Å². The summed E-state index contributed by atoms with van der Waals surface area (Å²) in [5.41, 5.74) is 1.86. The average Bonchev–Trinajstić information content (AvgIpc) is 2.84. The second-order valence-electron chi connectivity index (χ2n) is 4.48. The minimum Gasteiger partial charge on any atom is -0.346 e. The Bertz CT molecular complexity index is 659. The van der Waals surface area contributed by atoms with E-state index in [-0.39, 0.29) is 17.2 Å². The first-order chi connectivity index (χ1) is 9.61. The van der Waals surface area contributed by atoms with Crippen molar-refractivity contribution in [1.29, 1.82) is 0 Å². The number of carbonyl (C=O) groups is 1. The predicted octanol–water partition coefficient (Wildman–Crippen LogP) is 0.615. The Hall–Kier alpha value is -2.44. The van der Waals surface area contributed by atoms with Crippen molar-refractivity contribution in [2.75, 3.05) is 0 Å². The van der Waals surface area contributed by atoms with Gasteiger partial charge in [0.15, 0.2) is 0 Å². The zero-order valence-electron chi connectivity index (χ0n) is 11.5. The Morgan fingerprint density at radius 1 is 1.45 bits per heavy atom. The normalized spacial score (nSPS) is 10.5. The summed E-state index contributed by atoms with van der Waals surface area (Å²) in [4.78, 5) is 23.5. The molecule has 106 valence electrons. The Morgan fingerprint density at radius 2 is 2.25 bits per heavy atom. The minimum atomic E-state index is -0.310. The highest BCUT2D eigenvalue weighted by molar-refractivity contribution is 5.91. The number of nitrogens with one attached hydrogen (secondary N) is 2. The van der Waals surface area contributed by atoms with Gasteiger partial charge in [0, 0.05) is 30.4 Å². The molecule has 0 radical (unpaired) electrons. The van der Waals surface area contributed by atoms with Crippen LogP contribution in [0.1, 0.15) is 35.1 Å². The lowest BCUT2D eigenvalue weighted by atomic mass is 10.2. The van der Waals surface area contributed by atoms with E-state index in [2.05, 4.69) is 20.6 Å². The first-order valence-electron chi connectivity index (χ1n) is 6.47. The highest BCUT2D eigenvalue weighted by Gasteiger charge is 2.10. The number of aromatic nitrogens is 4. The third-order valence-corrected chi connectivity index (χ3v) is 2.91. The molecule has 7 nitrogen and oxygen atoms in total. The van der Waals surface area contributed by atoms with Crippen LogP contribution in [0.2, 0.25) is 0 Å². The van der Waals surface area contributed by atoms with E-state index >= 15 is 0 Å². The summed E-state index contributed by atoms with van der Waals surface area (Å²) >= 11 is 0. The summed E-state index contributed by atoms with van der Waals surface area (Å²) in [7, 11) is 0. The van der Waals surface area contributed by atoms with Gasteiger partial charge in [-0.1, -0.05) is 6.92 Å². The van der Waals surface area contributed by atoms with Crippen LogP contribution in [-0.4, -0.2) is 25.9 Å². The van der Waals surface area contributed by atoms with E-state index in [1.165, 1.54) is 16.8 Å². The van der Waals surface area contributed by atoms with E-state index in [4.69, 9.17) is 0 Å². The van der Waals surface area contributed by atoms with Crippen LogP contribution >= 0.6 is 0 Å². The second-order valence-corrected chi connectivity index (χ2v) is 4.48. The van der Waals surface area contributed by atoms with Gasteiger partial charge >= 0.3 is 0 Å². The fourth-order valence-corrected chi connectivity index (χ4v) is 1.76. The molecule has 20 heavy (non-hydrogen) atoms. The summed E-state index contributed by atoms with van der Waals surface area (Å²) in [6.07, 6.45) is 2.45. The zero-order valence-corrected chi connectivity index (χ0v) is 11.5. The summed E-state index contributed by atoms with van der Waals surface area (Å²) in [6, 6.07) is 2.80. The summed E-state index contributed by atoms with van der Waals surface area (Å²) in [5, 5.41) is 13.5. The fraction of sp³-hybridized carbons (Fsp3) is 0.385. The molecule has 0 atom stereocenters. The largest absolute Gasteiger partial charge is 0.346 e. The first-order valence-corrected chi connectivity index (χ1v) is 6.47. The molecule has 2 aromatic rings. The number of rotatable bonds is 5. The minimum absolute atomic E-state index is 0.200. The van der Waals surface area contributed by atoms with Gasteiger partial charge in [-0.05, 0) is 19.4 Å². The van der Waals surface area contributed by atoms with Crippen LogP contribution in [-0.2, 0) is 13.1 Å². The van der Waals surface area contributed by atoms with E-state index in [0.29, 0.717) is 13.1 Å². The molecule has 0 aliphatic heterocycles. The van der Waals surface area contributed by atoms with E-state index in [1.54, 1.807) is 6.20 Å². The van der Waals surface area contributed by atoms with Crippen LogP contribution in [0.3, 0.4) is 0 Å². The second kappa shape index (κ2) is 6.14. The maximum atomic E-state index is 12.0. The Balaban J connectivity index is 2.07. The molecule has 0 saturated carbocycles. The Morgan fingerprint density at radius 3 is 2.90 bits per heavy atom. The van der Waals surface area contributed by atoms with Crippen molar-refractivity contribution in [3.05, 3.63) is 45.6 Å². The van der Waals surface area contributed by atoms with Crippen LogP contribution in [0.25, 0.3) is 0 Å². The molecule has 0 aliphatic carbocycles. The number of hydrogen-bond donors (Lipinski definition) is 2. The molecular formula is C13H17N5O2. The lowest BCUT2D eigenvalue weighted by molar-refractivity contribution is 0.0943. The smallest absolute Gasteiger partial charge is 0.271 e. The average molecular weight is 275 g/mol. The van der Waals surface area contributed by atoms with Crippen molar-refractivity contribution in [3.8, 4) is 0 Å². The van der Waals surface area contributed by atoms with Gasteiger partial charge in [-0.2, -0.15) is 10.2 Å². The van der Waals surface area contributed by atoms with Crippen molar-refractivity contribution in [2.24, 2.45) is 0 Å². The molecule has 2 N–H and O–H groups in total. The summed E-state index contributed by atoms with van der Waals surface area (Å²) < 4.78 is 1.30. The van der Waals surface area contributed by atoms with E-state index in [0.717, 1.165) is 17.7 Å². The quantitative estimate of drug-likeness (QED) is 0.836. The maximum absolute atomic E-state index is 12.0. The van der Waals surface area contributed by atoms with Crippen molar-refractivity contribution in [2.45, 2.75) is 33.4 Å². The molecule has 2 rings (SSSR count). The van der Waals surface area contributed by atoms with Gasteiger partial charge in [-0.15, -0.1) is 0 Å². The van der Waals surface area contributed by atoms with Crippen molar-refractivity contribution in [1.82, 2.24) is 25.3 Å². The Kier molecular flexibility index (Phi) is 4.29. The van der Waals surface area contributed by atoms with Crippen LogP contribution in [0.4, 0.5) is 0 Å². The number of carbonyl (C=O) groups excluding carboxylic acids is 1. The molecule has 1 amide bonds. The van der Waals surface area contributed by atoms with Gasteiger partial charge in [0.2, 0.25) is 0 Å².